The van der Waals surface area contributed by atoms with E-state index in [1.54, 1.807) is 0 Å². The van der Waals surface area contributed by atoms with E-state index in [2.05, 4.69) is 34.9 Å². The van der Waals surface area contributed by atoms with Crippen LogP contribution in [0.15, 0.2) is 24.3 Å². The topological polar surface area (TPSA) is 33.3 Å². The van der Waals surface area contributed by atoms with Gasteiger partial charge in [0.2, 0.25) is 0 Å². The Morgan fingerprint density at radius 2 is 2.06 bits per heavy atom. The van der Waals surface area contributed by atoms with Crippen molar-refractivity contribution in [3.05, 3.63) is 30.9 Å². The van der Waals surface area contributed by atoms with Gasteiger partial charge in [-0.15, -0.1) is 0 Å². The van der Waals surface area contributed by atoms with Gasteiger partial charge in [0.1, 0.15) is 0 Å². The third-order valence-corrected chi connectivity index (χ3v) is 3.37. The van der Waals surface area contributed by atoms with Gasteiger partial charge < -0.3 is 15.4 Å². The van der Waals surface area contributed by atoms with E-state index in [4.69, 9.17) is 4.74 Å². The SMILES string of the molecule is [CH]1OCCCC1C1CNc2ccccc2N1. The van der Waals surface area contributed by atoms with Crippen molar-refractivity contribution < 1.29 is 4.74 Å². The average Bonchev–Trinajstić information content (AvgIpc) is 2.39. The molecule has 0 amide bonds. The molecule has 3 rings (SSSR count). The summed E-state index contributed by atoms with van der Waals surface area (Å²) in [6.07, 6.45) is 2.39. The molecule has 3 nitrogen and oxygen atoms in total. The first-order valence-electron chi connectivity index (χ1n) is 5.98. The van der Waals surface area contributed by atoms with Crippen LogP contribution in [0.2, 0.25) is 0 Å². The molecule has 2 N–H and O–H groups in total. The Balaban J connectivity index is 1.72. The van der Waals surface area contributed by atoms with Crippen LogP contribution in [0.25, 0.3) is 0 Å². The number of nitrogens with one attached hydrogen (secondary N) is 2. The first-order chi connectivity index (χ1) is 7.93. The Morgan fingerprint density at radius 1 is 1.19 bits per heavy atom. The smallest absolute Gasteiger partial charge is 0.0888 e. The number of hydrogen-bond acceptors (Lipinski definition) is 3. The second kappa shape index (κ2) is 4.34. The summed E-state index contributed by atoms with van der Waals surface area (Å²) in [6.45, 7) is 3.87. The van der Waals surface area contributed by atoms with Gasteiger partial charge in [0.05, 0.1) is 18.0 Å². The third kappa shape index (κ3) is 1.87. The van der Waals surface area contributed by atoms with Crippen molar-refractivity contribution in [1.29, 1.82) is 0 Å². The first kappa shape index (κ1) is 9.97. The summed E-state index contributed by atoms with van der Waals surface area (Å²) in [5.74, 6) is 0.523. The van der Waals surface area contributed by atoms with Crippen molar-refractivity contribution in [2.75, 3.05) is 23.8 Å². The van der Waals surface area contributed by atoms with Gasteiger partial charge in [-0.05, 0) is 25.0 Å². The van der Waals surface area contributed by atoms with Crippen LogP contribution < -0.4 is 10.6 Å². The fourth-order valence-electron chi connectivity index (χ4n) is 2.45. The summed E-state index contributed by atoms with van der Waals surface area (Å²) in [5, 5.41) is 7.06. The number of hydrogen-bond donors (Lipinski definition) is 2. The van der Waals surface area contributed by atoms with E-state index in [-0.39, 0.29) is 0 Å². The van der Waals surface area contributed by atoms with Crippen molar-refractivity contribution in [2.24, 2.45) is 5.92 Å². The molecular weight excluding hydrogens is 200 g/mol. The van der Waals surface area contributed by atoms with Crippen molar-refractivity contribution >= 4 is 11.4 Å². The Hall–Kier alpha value is -1.22. The summed E-state index contributed by atoms with van der Waals surface area (Å²) in [5.41, 5.74) is 2.41. The number of benzene rings is 1. The summed E-state index contributed by atoms with van der Waals surface area (Å²) < 4.78 is 5.43. The molecule has 2 aliphatic heterocycles. The molecule has 2 unspecified atom stereocenters. The lowest BCUT2D eigenvalue weighted by molar-refractivity contribution is 0.109. The number of para-hydroxylation sites is 2. The van der Waals surface area contributed by atoms with Gasteiger partial charge in [-0.1, -0.05) is 12.1 Å². The van der Waals surface area contributed by atoms with E-state index >= 15 is 0 Å². The molecule has 2 atom stereocenters. The maximum Gasteiger partial charge on any atom is 0.0888 e. The molecule has 0 bridgehead atoms. The van der Waals surface area contributed by atoms with Crippen LogP contribution >= 0.6 is 0 Å². The zero-order valence-electron chi connectivity index (χ0n) is 9.28. The lowest BCUT2D eigenvalue weighted by atomic mass is 9.92. The van der Waals surface area contributed by atoms with Crippen LogP contribution in [0.1, 0.15) is 12.8 Å². The molecule has 1 aromatic rings. The van der Waals surface area contributed by atoms with Crippen molar-refractivity contribution in [1.82, 2.24) is 0 Å². The number of anilines is 2. The normalized spacial score (nSPS) is 28.8. The fraction of sp³-hybridized carbons (Fsp3) is 0.462. The van der Waals surface area contributed by atoms with Crippen LogP contribution in [0.5, 0.6) is 0 Å². The van der Waals surface area contributed by atoms with Crippen LogP contribution in [0.3, 0.4) is 0 Å². The van der Waals surface area contributed by atoms with Gasteiger partial charge >= 0.3 is 0 Å². The van der Waals surface area contributed by atoms with E-state index in [0.29, 0.717) is 12.0 Å². The quantitative estimate of drug-likeness (QED) is 0.758. The highest BCUT2D eigenvalue weighted by molar-refractivity contribution is 5.71. The van der Waals surface area contributed by atoms with Gasteiger partial charge in [0.15, 0.2) is 0 Å². The largest absolute Gasteiger partial charge is 0.381 e. The predicted octanol–water partition coefficient (Wildman–Crippen LogP) is 2.48. The highest BCUT2D eigenvalue weighted by Gasteiger charge is 2.27. The first-order valence-corrected chi connectivity index (χ1v) is 5.98. The van der Waals surface area contributed by atoms with Gasteiger partial charge in [-0.2, -0.15) is 0 Å². The highest BCUT2D eigenvalue weighted by Crippen LogP contribution is 2.30. The fourth-order valence-corrected chi connectivity index (χ4v) is 2.45. The number of fused-ring (bicyclic) bond motifs is 1. The second-order valence-corrected chi connectivity index (χ2v) is 4.49. The molecule has 2 aliphatic rings. The Labute approximate surface area is 96.2 Å². The minimum atomic E-state index is 0.454. The Bertz CT molecular complexity index is 361. The van der Waals surface area contributed by atoms with E-state index in [0.717, 1.165) is 13.2 Å². The van der Waals surface area contributed by atoms with E-state index in [1.165, 1.54) is 24.2 Å². The lowest BCUT2D eigenvalue weighted by Crippen LogP contribution is -2.40. The summed E-state index contributed by atoms with van der Waals surface area (Å²) in [7, 11) is 0. The second-order valence-electron chi connectivity index (χ2n) is 4.49. The molecule has 1 fully saturated rings. The number of ether oxygens (including phenoxy) is 1. The molecule has 0 aromatic heterocycles. The molecule has 0 saturated carbocycles. The zero-order valence-corrected chi connectivity index (χ0v) is 9.28. The van der Waals surface area contributed by atoms with Gasteiger partial charge in [0, 0.05) is 25.1 Å². The zero-order chi connectivity index (χ0) is 10.8. The minimum Gasteiger partial charge on any atom is -0.381 e. The molecular formula is C13H17N2O. The summed E-state index contributed by atoms with van der Waals surface area (Å²) in [6, 6.07) is 8.81. The van der Waals surface area contributed by atoms with Gasteiger partial charge in [-0.3, -0.25) is 0 Å². The molecule has 16 heavy (non-hydrogen) atoms. The molecule has 0 aliphatic carbocycles. The Kier molecular flexibility index (Phi) is 2.70. The van der Waals surface area contributed by atoms with Crippen LogP contribution in [-0.4, -0.2) is 19.2 Å². The maximum atomic E-state index is 5.43. The summed E-state index contributed by atoms with van der Waals surface area (Å²) in [4.78, 5) is 0. The van der Waals surface area contributed by atoms with Crippen LogP contribution in [-0.2, 0) is 4.74 Å². The van der Waals surface area contributed by atoms with Crippen LogP contribution in [0.4, 0.5) is 11.4 Å². The van der Waals surface area contributed by atoms with Crippen LogP contribution in [0, 0.1) is 12.5 Å². The molecule has 85 valence electrons. The molecule has 1 aromatic carbocycles. The van der Waals surface area contributed by atoms with Crippen molar-refractivity contribution in [3.63, 3.8) is 0 Å². The Morgan fingerprint density at radius 3 is 2.88 bits per heavy atom. The van der Waals surface area contributed by atoms with E-state index in [9.17, 15) is 0 Å². The minimum absolute atomic E-state index is 0.454. The predicted molar refractivity (Wildman–Crippen MR) is 65.3 cm³/mol. The van der Waals surface area contributed by atoms with Crippen molar-refractivity contribution in [2.45, 2.75) is 18.9 Å². The standard InChI is InChI=1S/C13H17N2O/c1-2-6-12-11(5-1)14-8-13(15-12)10-4-3-7-16-9-10/h1-2,5-6,9-10,13-15H,3-4,7-8H2. The maximum absolute atomic E-state index is 5.43. The summed E-state index contributed by atoms with van der Waals surface area (Å²) >= 11 is 0. The third-order valence-electron chi connectivity index (χ3n) is 3.37. The van der Waals surface area contributed by atoms with E-state index < -0.39 is 0 Å². The monoisotopic (exact) mass is 217 g/mol. The van der Waals surface area contributed by atoms with E-state index in [1.807, 2.05) is 6.61 Å². The van der Waals surface area contributed by atoms with Gasteiger partial charge in [0.25, 0.3) is 0 Å². The molecule has 1 radical (unpaired) electrons. The average molecular weight is 217 g/mol. The molecule has 1 saturated heterocycles. The molecule has 0 spiro atoms. The number of rotatable bonds is 1. The van der Waals surface area contributed by atoms with Crippen molar-refractivity contribution in [3.8, 4) is 0 Å². The highest BCUT2D eigenvalue weighted by atomic mass is 16.5. The molecule has 3 heteroatoms. The van der Waals surface area contributed by atoms with Gasteiger partial charge in [-0.25, -0.2) is 0 Å². The lowest BCUT2D eigenvalue weighted by Gasteiger charge is -2.35. The molecule has 2 heterocycles.